The highest BCUT2D eigenvalue weighted by molar-refractivity contribution is 6.21. The molecular formula is C13H11FN4O. The first kappa shape index (κ1) is 11.5. The SMILES string of the molecule is Cn1c(N)nc(O)c1C=C1C=Nc2cc(F)ccc21. The van der Waals surface area contributed by atoms with Crippen molar-refractivity contribution in [2.75, 3.05) is 5.73 Å². The molecule has 0 saturated carbocycles. The number of nitrogens with zero attached hydrogens (tertiary/aromatic N) is 3. The number of halogens is 1. The highest BCUT2D eigenvalue weighted by Gasteiger charge is 2.16. The lowest BCUT2D eigenvalue weighted by Gasteiger charge is -2.01. The van der Waals surface area contributed by atoms with E-state index in [1.54, 1.807) is 30.0 Å². The van der Waals surface area contributed by atoms with Gasteiger partial charge in [-0.2, -0.15) is 4.98 Å². The molecule has 1 aliphatic heterocycles. The molecule has 1 aromatic heterocycles. The van der Waals surface area contributed by atoms with E-state index in [-0.39, 0.29) is 17.6 Å². The summed E-state index contributed by atoms with van der Waals surface area (Å²) in [4.78, 5) is 7.90. The van der Waals surface area contributed by atoms with Crippen molar-refractivity contribution in [3.63, 3.8) is 0 Å². The van der Waals surface area contributed by atoms with Crippen LogP contribution < -0.4 is 5.73 Å². The van der Waals surface area contributed by atoms with Crippen molar-refractivity contribution in [2.24, 2.45) is 12.0 Å². The molecular weight excluding hydrogens is 247 g/mol. The molecule has 96 valence electrons. The molecule has 5 nitrogen and oxygen atoms in total. The average molecular weight is 258 g/mol. The minimum Gasteiger partial charge on any atom is -0.492 e. The van der Waals surface area contributed by atoms with Gasteiger partial charge in [0, 0.05) is 30.5 Å². The molecule has 0 radical (unpaired) electrons. The number of hydrogen-bond donors (Lipinski definition) is 2. The van der Waals surface area contributed by atoms with Gasteiger partial charge < -0.3 is 15.4 Å². The highest BCUT2D eigenvalue weighted by Crippen LogP contribution is 2.34. The van der Waals surface area contributed by atoms with Crippen molar-refractivity contribution in [3.05, 3.63) is 35.3 Å². The van der Waals surface area contributed by atoms with Crippen molar-refractivity contribution in [1.29, 1.82) is 0 Å². The number of hydrogen-bond acceptors (Lipinski definition) is 4. The van der Waals surface area contributed by atoms with E-state index in [1.165, 1.54) is 12.1 Å². The zero-order chi connectivity index (χ0) is 13.6. The van der Waals surface area contributed by atoms with Gasteiger partial charge in [0.1, 0.15) is 11.5 Å². The van der Waals surface area contributed by atoms with Gasteiger partial charge in [-0.25, -0.2) is 4.39 Å². The fourth-order valence-corrected chi connectivity index (χ4v) is 2.00. The van der Waals surface area contributed by atoms with E-state index in [0.29, 0.717) is 11.4 Å². The summed E-state index contributed by atoms with van der Waals surface area (Å²) in [6, 6.07) is 4.39. The first-order valence-corrected chi connectivity index (χ1v) is 5.63. The summed E-state index contributed by atoms with van der Waals surface area (Å²) in [5.41, 5.74) is 8.24. The van der Waals surface area contributed by atoms with E-state index in [1.807, 2.05) is 0 Å². The Labute approximate surface area is 108 Å². The van der Waals surface area contributed by atoms with Gasteiger partial charge in [-0.1, -0.05) is 0 Å². The molecule has 0 bridgehead atoms. The molecule has 1 aliphatic rings. The lowest BCUT2D eigenvalue weighted by molar-refractivity contribution is 0.455. The van der Waals surface area contributed by atoms with Crippen molar-refractivity contribution in [1.82, 2.24) is 9.55 Å². The summed E-state index contributed by atoms with van der Waals surface area (Å²) < 4.78 is 14.7. The Hall–Kier alpha value is -2.63. The summed E-state index contributed by atoms with van der Waals surface area (Å²) in [5.74, 6) is -0.250. The molecule has 0 aliphatic carbocycles. The number of aromatic hydroxyl groups is 1. The second kappa shape index (κ2) is 3.94. The molecule has 0 amide bonds. The van der Waals surface area contributed by atoms with Gasteiger partial charge in [0.2, 0.25) is 11.8 Å². The standard InChI is InChI=1S/C13H11FN4O/c1-18-11(12(19)17-13(18)15)4-7-6-16-10-5-8(14)2-3-9(7)10/h2-6,19H,1H3,(H2,15,17). The van der Waals surface area contributed by atoms with Crippen LogP contribution in [0.3, 0.4) is 0 Å². The van der Waals surface area contributed by atoms with Gasteiger partial charge in [-0.3, -0.25) is 4.99 Å². The van der Waals surface area contributed by atoms with Gasteiger partial charge in [0.15, 0.2) is 0 Å². The van der Waals surface area contributed by atoms with E-state index in [9.17, 15) is 9.50 Å². The zero-order valence-corrected chi connectivity index (χ0v) is 10.1. The lowest BCUT2D eigenvalue weighted by atomic mass is 10.1. The van der Waals surface area contributed by atoms with E-state index in [4.69, 9.17) is 5.73 Å². The Balaban J connectivity index is 2.11. The van der Waals surface area contributed by atoms with Crippen LogP contribution >= 0.6 is 0 Å². The molecule has 0 unspecified atom stereocenters. The molecule has 0 saturated heterocycles. The number of imidazole rings is 1. The number of nitrogen functional groups attached to an aromatic ring is 1. The topological polar surface area (TPSA) is 76.4 Å². The third-order valence-corrected chi connectivity index (χ3v) is 3.06. The molecule has 3 rings (SSSR count). The predicted molar refractivity (Wildman–Crippen MR) is 71.7 cm³/mol. The molecule has 2 heterocycles. The van der Waals surface area contributed by atoms with Crippen LogP contribution in [0.4, 0.5) is 16.0 Å². The minimum atomic E-state index is -0.329. The number of rotatable bonds is 1. The maximum atomic E-state index is 13.1. The van der Waals surface area contributed by atoms with E-state index < -0.39 is 0 Å². The summed E-state index contributed by atoms with van der Waals surface area (Å²) in [6.07, 6.45) is 3.33. The number of benzene rings is 1. The zero-order valence-electron chi connectivity index (χ0n) is 10.1. The Bertz CT molecular complexity index is 730. The number of fused-ring (bicyclic) bond motifs is 1. The minimum absolute atomic E-state index is 0.142. The quantitative estimate of drug-likeness (QED) is 0.822. The molecule has 3 N–H and O–H groups in total. The number of aromatic nitrogens is 2. The van der Waals surface area contributed by atoms with Crippen molar-refractivity contribution >= 4 is 29.5 Å². The molecule has 19 heavy (non-hydrogen) atoms. The van der Waals surface area contributed by atoms with Crippen LogP contribution in [0.1, 0.15) is 11.3 Å². The second-order valence-electron chi connectivity index (χ2n) is 4.26. The van der Waals surface area contributed by atoms with Crippen LogP contribution in [0, 0.1) is 5.82 Å². The normalized spacial score (nSPS) is 15.2. The van der Waals surface area contributed by atoms with Crippen LogP contribution in [0.2, 0.25) is 0 Å². The van der Waals surface area contributed by atoms with Gasteiger partial charge in [0.05, 0.1) is 5.69 Å². The smallest absolute Gasteiger partial charge is 0.238 e. The Morgan fingerprint density at radius 3 is 2.89 bits per heavy atom. The summed E-state index contributed by atoms with van der Waals surface area (Å²) in [5, 5.41) is 9.70. The third kappa shape index (κ3) is 1.77. The van der Waals surface area contributed by atoms with Crippen LogP contribution in [-0.4, -0.2) is 20.9 Å². The molecule has 6 heteroatoms. The fourth-order valence-electron chi connectivity index (χ4n) is 2.00. The van der Waals surface area contributed by atoms with Gasteiger partial charge in [-0.15, -0.1) is 0 Å². The van der Waals surface area contributed by atoms with Gasteiger partial charge in [0.25, 0.3) is 0 Å². The lowest BCUT2D eigenvalue weighted by Crippen LogP contribution is -1.98. The van der Waals surface area contributed by atoms with E-state index >= 15 is 0 Å². The summed E-state index contributed by atoms with van der Waals surface area (Å²) in [6.45, 7) is 0. The number of allylic oxidation sites excluding steroid dienone is 1. The summed E-state index contributed by atoms with van der Waals surface area (Å²) >= 11 is 0. The largest absolute Gasteiger partial charge is 0.492 e. The molecule has 1 aromatic carbocycles. The van der Waals surface area contributed by atoms with Crippen LogP contribution in [-0.2, 0) is 7.05 Å². The molecule has 0 spiro atoms. The number of aliphatic imine (C=N–C) groups is 1. The van der Waals surface area contributed by atoms with Crippen molar-refractivity contribution in [2.45, 2.75) is 0 Å². The molecule has 2 aromatic rings. The predicted octanol–water partition coefficient (Wildman–Crippen LogP) is 2.10. The van der Waals surface area contributed by atoms with E-state index in [2.05, 4.69) is 9.98 Å². The molecule has 0 fully saturated rings. The highest BCUT2D eigenvalue weighted by atomic mass is 19.1. The first-order valence-electron chi connectivity index (χ1n) is 5.63. The second-order valence-corrected chi connectivity index (χ2v) is 4.26. The fraction of sp³-hybridized carbons (Fsp3) is 0.0769. The van der Waals surface area contributed by atoms with Gasteiger partial charge >= 0.3 is 0 Å². The Morgan fingerprint density at radius 2 is 2.21 bits per heavy atom. The first-order chi connectivity index (χ1) is 9.06. The Morgan fingerprint density at radius 1 is 1.42 bits per heavy atom. The average Bonchev–Trinajstić information content (AvgIpc) is 2.86. The third-order valence-electron chi connectivity index (χ3n) is 3.06. The molecule has 0 atom stereocenters. The van der Waals surface area contributed by atoms with Crippen molar-refractivity contribution in [3.8, 4) is 5.88 Å². The van der Waals surface area contributed by atoms with Crippen LogP contribution in [0.5, 0.6) is 5.88 Å². The van der Waals surface area contributed by atoms with E-state index in [0.717, 1.165) is 11.1 Å². The van der Waals surface area contributed by atoms with Gasteiger partial charge in [-0.05, 0) is 18.2 Å². The van der Waals surface area contributed by atoms with Crippen LogP contribution in [0.25, 0.3) is 11.6 Å². The van der Waals surface area contributed by atoms with Crippen LogP contribution in [0.15, 0.2) is 23.2 Å². The number of nitrogens with two attached hydrogens (primary N) is 1. The Kier molecular flexibility index (Phi) is 2.38. The summed E-state index contributed by atoms with van der Waals surface area (Å²) in [7, 11) is 1.70. The monoisotopic (exact) mass is 258 g/mol. The maximum absolute atomic E-state index is 13.1. The maximum Gasteiger partial charge on any atom is 0.238 e. The number of anilines is 1. The van der Waals surface area contributed by atoms with Crippen molar-refractivity contribution < 1.29 is 9.50 Å².